The van der Waals surface area contributed by atoms with Crippen molar-refractivity contribution in [3.8, 4) is 22.5 Å². The fourth-order valence-corrected chi connectivity index (χ4v) is 5.30. The molecule has 2 saturated carbocycles. The van der Waals surface area contributed by atoms with Crippen LogP contribution in [0.3, 0.4) is 0 Å². The molecule has 6 nitrogen and oxygen atoms in total. The summed E-state index contributed by atoms with van der Waals surface area (Å²) in [6.45, 7) is 0. The first-order chi connectivity index (χ1) is 16.7. The quantitative estimate of drug-likeness (QED) is 0.356. The van der Waals surface area contributed by atoms with Crippen LogP contribution in [-0.2, 0) is 0 Å². The third-order valence-electron chi connectivity index (χ3n) is 7.07. The Bertz CT molecular complexity index is 1300. The third-order valence-corrected chi connectivity index (χ3v) is 7.07. The molecule has 0 aliphatic heterocycles. The van der Waals surface area contributed by atoms with Crippen molar-refractivity contribution in [2.75, 3.05) is 10.6 Å². The van der Waals surface area contributed by atoms with E-state index >= 15 is 0 Å². The molecule has 7 heteroatoms. The molecule has 3 aromatic heterocycles. The minimum absolute atomic E-state index is 0.266. The standard InChI is InChI=1S/C27H29FN6/c28-19-7-5-6-18(16-19)24-17-25-22(12-13-26(34(25)33-24)30-20-8-1-2-9-20)23-14-15-29-27(32-23)31-21-10-3-4-11-21/h5-7,12-17,20-21,30H,1-4,8-11H2,(H,29,31,32). The maximum Gasteiger partial charge on any atom is 0.223 e. The van der Waals surface area contributed by atoms with Crippen LogP contribution in [0.15, 0.2) is 54.7 Å². The molecule has 174 valence electrons. The van der Waals surface area contributed by atoms with Crippen molar-refractivity contribution in [2.45, 2.75) is 63.5 Å². The Morgan fingerprint density at radius 3 is 2.35 bits per heavy atom. The molecule has 2 aliphatic rings. The highest BCUT2D eigenvalue weighted by atomic mass is 19.1. The Morgan fingerprint density at radius 2 is 1.59 bits per heavy atom. The average molecular weight is 457 g/mol. The van der Waals surface area contributed by atoms with Gasteiger partial charge in [0.05, 0.1) is 16.9 Å². The first kappa shape index (κ1) is 21.1. The molecule has 0 bridgehead atoms. The molecule has 0 atom stereocenters. The zero-order chi connectivity index (χ0) is 22.9. The molecule has 4 aromatic rings. The minimum atomic E-state index is -0.266. The van der Waals surface area contributed by atoms with Crippen molar-refractivity contribution >= 4 is 17.3 Å². The topological polar surface area (TPSA) is 67.1 Å². The van der Waals surface area contributed by atoms with Gasteiger partial charge in [0, 0.05) is 29.4 Å². The van der Waals surface area contributed by atoms with Crippen LogP contribution in [0.4, 0.5) is 16.2 Å². The number of nitrogens with one attached hydrogen (secondary N) is 2. The Hall–Kier alpha value is -3.48. The number of hydrogen-bond donors (Lipinski definition) is 2. The number of fused-ring (bicyclic) bond motifs is 1. The zero-order valence-corrected chi connectivity index (χ0v) is 19.2. The van der Waals surface area contributed by atoms with E-state index in [-0.39, 0.29) is 5.82 Å². The van der Waals surface area contributed by atoms with Crippen molar-refractivity contribution in [3.05, 3.63) is 60.5 Å². The Labute approximate surface area is 198 Å². The number of rotatable bonds is 6. The summed E-state index contributed by atoms with van der Waals surface area (Å²) in [4.78, 5) is 9.30. The van der Waals surface area contributed by atoms with Crippen molar-refractivity contribution < 1.29 is 4.39 Å². The summed E-state index contributed by atoms with van der Waals surface area (Å²) in [5.74, 6) is 1.35. The minimum Gasteiger partial charge on any atom is -0.367 e. The van der Waals surface area contributed by atoms with E-state index in [1.807, 2.05) is 28.9 Å². The maximum atomic E-state index is 13.9. The summed E-state index contributed by atoms with van der Waals surface area (Å²) in [7, 11) is 0. The Balaban J connectivity index is 1.42. The smallest absolute Gasteiger partial charge is 0.223 e. The number of benzene rings is 1. The van der Waals surface area contributed by atoms with E-state index in [0.29, 0.717) is 18.0 Å². The van der Waals surface area contributed by atoms with Gasteiger partial charge in [-0.05, 0) is 62.1 Å². The van der Waals surface area contributed by atoms with E-state index in [0.717, 1.165) is 33.8 Å². The number of aromatic nitrogens is 4. The molecule has 2 N–H and O–H groups in total. The lowest BCUT2D eigenvalue weighted by Crippen LogP contribution is -2.17. The largest absolute Gasteiger partial charge is 0.367 e. The van der Waals surface area contributed by atoms with Crippen LogP contribution in [0.25, 0.3) is 28.0 Å². The van der Waals surface area contributed by atoms with Crippen LogP contribution in [0.5, 0.6) is 0 Å². The second kappa shape index (κ2) is 9.05. The predicted molar refractivity (Wildman–Crippen MR) is 133 cm³/mol. The van der Waals surface area contributed by atoms with Gasteiger partial charge in [-0.1, -0.05) is 37.8 Å². The van der Waals surface area contributed by atoms with Crippen molar-refractivity contribution in [3.63, 3.8) is 0 Å². The fourth-order valence-electron chi connectivity index (χ4n) is 5.30. The third kappa shape index (κ3) is 4.22. The monoisotopic (exact) mass is 456 g/mol. The molecule has 3 heterocycles. The molecular weight excluding hydrogens is 427 g/mol. The second-order valence-electron chi connectivity index (χ2n) is 9.49. The summed E-state index contributed by atoms with van der Waals surface area (Å²) < 4.78 is 15.9. The summed E-state index contributed by atoms with van der Waals surface area (Å²) in [6, 6.07) is 15.6. The van der Waals surface area contributed by atoms with Gasteiger partial charge in [-0.25, -0.2) is 18.9 Å². The Kier molecular flexibility index (Phi) is 5.61. The van der Waals surface area contributed by atoms with E-state index in [9.17, 15) is 4.39 Å². The van der Waals surface area contributed by atoms with Crippen LogP contribution in [0.1, 0.15) is 51.4 Å². The number of halogens is 1. The molecule has 0 saturated heterocycles. The molecule has 2 aliphatic carbocycles. The molecule has 0 unspecified atom stereocenters. The van der Waals surface area contributed by atoms with Crippen molar-refractivity contribution in [2.24, 2.45) is 0 Å². The van der Waals surface area contributed by atoms with Crippen molar-refractivity contribution in [1.29, 1.82) is 0 Å². The van der Waals surface area contributed by atoms with Gasteiger partial charge in [0.2, 0.25) is 5.95 Å². The molecule has 2 fully saturated rings. The summed E-state index contributed by atoms with van der Waals surface area (Å²) in [6.07, 6.45) is 11.5. The number of hydrogen-bond acceptors (Lipinski definition) is 5. The molecule has 0 amide bonds. The van der Waals surface area contributed by atoms with Crippen LogP contribution in [0.2, 0.25) is 0 Å². The lowest BCUT2D eigenvalue weighted by Gasteiger charge is -2.16. The van der Waals surface area contributed by atoms with E-state index in [4.69, 9.17) is 10.1 Å². The van der Waals surface area contributed by atoms with Crippen molar-refractivity contribution in [1.82, 2.24) is 19.6 Å². The first-order valence-electron chi connectivity index (χ1n) is 12.4. The SMILES string of the molecule is Fc1cccc(-c2cc3c(-c4ccnc(NC5CCCC5)n4)ccc(NC4CCCC4)n3n2)c1. The molecule has 1 aromatic carbocycles. The molecule has 34 heavy (non-hydrogen) atoms. The van der Waals surface area contributed by atoms with Gasteiger partial charge in [-0.15, -0.1) is 0 Å². The van der Waals surface area contributed by atoms with Gasteiger partial charge in [0.15, 0.2) is 0 Å². The van der Waals surface area contributed by atoms with Gasteiger partial charge in [-0.2, -0.15) is 5.10 Å². The van der Waals surface area contributed by atoms with E-state index in [2.05, 4.69) is 27.8 Å². The summed E-state index contributed by atoms with van der Waals surface area (Å²) in [5, 5.41) is 12.1. The lowest BCUT2D eigenvalue weighted by atomic mass is 10.1. The molecule has 6 rings (SSSR count). The number of nitrogens with zero attached hydrogens (tertiary/aromatic N) is 4. The highest BCUT2D eigenvalue weighted by molar-refractivity contribution is 5.83. The van der Waals surface area contributed by atoms with Gasteiger partial charge in [-0.3, -0.25) is 0 Å². The van der Waals surface area contributed by atoms with Gasteiger partial charge < -0.3 is 10.6 Å². The van der Waals surface area contributed by atoms with E-state index in [1.54, 1.807) is 6.07 Å². The predicted octanol–water partition coefficient (Wildman–Crippen LogP) is 6.31. The van der Waals surface area contributed by atoms with Gasteiger partial charge in [0.1, 0.15) is 11.6 Å². The average Bonchev–Trinajstić information content (AvgIpc) is 3.62. The highest BCUT2D eigenvalue weighted by Gasteiger charge is 2.20. The van der Waals surface area contributed by atoms with Crippen LogP contribution in [-0.4, -0.2) is 31.7 Å². The van der Waals surface area contributed by atoms with Crippen LogP contribution < -0.4 is 10.6 Å². The number of pyridine rings is 1. The molecular formula is C27H29FN6. The number of anilines is 2. The second-order valence-corrected chi connectivity index (χ2v) is 9.49. The highest BCUT2D eigenvalue weighted by Crippen LogP contribution is 2.32. The van der Waals surface area contributed by atoms with Crippen LogP contribution >= 0.6 is 0 Å². The van der Waals surface area contributed by atoms with Crippen LogP contribution in [0, 0.1) is 5.82 Å². The lowest BCUT2D eigenvalue weighted by molar-refractivity contribution is 0.628. The molecule has 0 radical (unpaired) electrons. The van der Waals surface area contributed by atoms with E-state index in [1.165, 1.54) is 63.5 Å². The summed E-state index contributed by atoms with van der Waals surface area (Å²) >= 11 is 0. The Morgan fingerprint density at radius 1 is 0.824 bits per heavy atom. The fraction of sp³-hybridized carbons (Fsp3) is 0.370. The first-order valence-corrected chi connectivity index (χ1v) is 12.4. The normalized spacial score (nSPS) is 17.0. The zero-order valence-electron chi connectivity index (χ0n) is 19.2. The van der Waals surface area contributed by atoms with E-state index < -0.39 is 0 Å². The van der Waals surface area contributed by atoms with Gasteiger partial charge >= 0.3 is 0 Å². The maximum absolute atomic E-state index is 13.9. The van der Waals surface area contributed by atoms with Gasteiger partial charge in [0.25, 0.3) is 0 Å². The molecule has 0 spiro atoms. The summed E-state index contributed by atoms with van der Waals surface area (Å²) in [5.41, 5.74) is 4.25.